The van der Waals surface area contributed by atoms with Crippen LogP contribution in [-0.2, 0) is 14.3 Å². The Hall–Kier alpha value is -2.34. The number of hydrogen-bond acceptors (Lipinski definition) is 4. The van der Waals surface area contributed by atoms with Gasteiger partial charge >= 0.3 is 0 Å². The molecule has 2 fully saturated rings. The van der Waals surface area contributed by atoms with Gasteiger partial charge < -0.3 is 19.7 Å². The van der Waals surface area contributed by atoms with Gasteiger partial charge in [-0.25, -0.2) is 0 Å². The monoisotopic (exact) mass is 412 g/mol. The minimum Gasteiger partial charge on any atom is -0.497 e. The molecule has 1 spiro atoms. The van der Waals surface area contributed by atoms with Crippen LogP contribution in [0.15, 0.2) is 36.4 Å². The fourth-order valence-electron chi connectivity index (χ4n) is 5.02. The van der Waals surface area contributed by atoms with Crippen LogP contribution in [0.1, 0.15) is 40.0 Å². The first kappa shape index (κ1) is 20.9. The van der Waals surface area contributed by atoms with Gasteiger partial charge in [0.2, 0.25) is 11.8 Å². The third-order valence-electron chi connectivity index (χ3n) is 6.59. The van der Waals surface area contributed by atoms with Crippen molar-refractivity contribution >= 4 is 17.5 Å². The summed E-state index contributed by atoms with van der Waals surface area (Å²) < 4.78 is 11.4. The molecule has 0 saturated carbocycles. The molecule has 1 aromatic carbocycles. The summed E-state index contributed by atoms with van der Waals surface area (Å²) in [6, 6.07) is 7.51. The van der Waals surface area contributed by atoms with Crippen molar-refractivity contribution in [3.8, 4) is 5.75 Å². The summed E-state index contributed by atoms with van der Waals surface area (Å²) in [5.74, 6) is 0.343. The second kappa shape index (κ2) is 8.06. The smallest absolute Gasteiger partial charge is 0.234 e. The van der Waals surface area contributed by atoms with Gasteiger partial charge in [0.05, 0.1) is 31.6 Å². The standard InChI is InChI=1S/C24H32N2O4/c1-15(2)6-5-7-16(3)25-22(27)20-19-12-13-24(30-19)14-26(23(28)21(20)24)17-8-10-18(29-4)11-9-17/h8-13,15-16,19-21H,5-7,14H2,1-4H3,(H,25,27)/t16-,19+,20+,21+,24+/m1/s1. The van der Waals surface area contributed by atoms with Gasteiger partial charge in [-0.05, 0) is 43.5 Å². The number of methoxy groups -OCH3 is 1. The molecule has 2 bridgehead atoms. The molecule has 1 N–H and O–H groups in total. The number of benzene rings is 1. The zero-order chi connectivity index (χ0) is 21.5. The Morgan fingerprint density at radius 1 is 1.27 bits per heavy atom. The molecule has 3 aliphatic rings. The van der Waals surface area contributed by atoms with Crippen molar-refractivity contribution in [1.29, 1.82) is 0 Å². The maximum absolute atomic E-state index is 13.4. The molecule has 0 unspecified atom stereocenters. The average molecular weight is 413 g/mol. The van der Waals surface area contributed by atoms with Crippen LogP contribution in [0, 0.1) is 17.8 Å². The van der Waals surface area contributed by atoms with Crippen LogP contribution in [0.3, 0.4) is 0 Å². The molecule has 2 amide bonds. The molecule has 162 valence electrons. The van der Waals surface area contributed by atoms with Gasteiger partial charge in [-0.2, -0.15) is 0 Å². The predicted octanol–water partition coefficient (Wildman–Crippen LogP) is 3.31. The summed E-state index contributed by atoms with van der Waals surface area (Å²) in [6.07, 6.45) is 6.80. The number of carbonyl (C=O) groups is 2. The van der Waals surface area contributed by atoms with Crippen molar-refractivity contribution in [2.24, 2.45) is 17.8 Å². The second-order valence-electron chi connectivity index (χ2n) is 9.26. The van der Waals surface area contributed by atoms with Gasteiger partial charge in [-0.1, -0.05) is 38.8 Å². The van der Waals surface area contributed by atoms with Crippen LogP contribution in [0.2, 0.25) is 0 Å². The third kappa shape index (κ3) is 3.62. The summed E-state index contributed by atoms with van der Waals surface area (Å²) in [5, 5.41) is 3.14. The van der Waals surface area contributed by atoms with E-state index in [1.54, 1.807) is 12.0 Å². The highest BCUT2D eigenvalue weighted by atomic mass is 16.5. The van der Waals surface area contributed by atoms with Crippen molar-refractivity contribution in [2.75, 3.05) is 18.6 Å². The van der Waals surface area contributed by atoms with E-state index in [-0.39, 0.29) is 24.0 Å². The highest BCUT2D eigenvalue weighted by Gasteiger charge is 2.67. The van der Waals surface area contributed by atoms with Crippen LogP contribution in [0.5, 0.6) is 5.75 Å². The average Bonchev–Trinajstić information content (AvgIpc) is 3.36. The number of anilines is 1. The molecular formula is C24H32N2O4. The molecule has 6 nitrogen and oxygen atoms in total. The van der Waals surface area contributed by atoms with E-state index in [0.717, 1.165) is 30.7 Å². The number of nitrogens with one attached hydrogen (secondary N) is 1. The van der Waals surface area contributed by atoms with Crippen molar-refractivity contribution < 1.29 is 19.1 Å². The minimum absolute atomic E-state index is 0.0420. The molecule has 6 heteroatoms. The van der Waals surface area contributed by atoms with E-state index < -0.39 is 17.4 Å². The lowest BCUT2D eigenvalue weighted by molar-refractivity contribution is -0.132. The van der Waals surface area contributed by atoms with Gasteiger partial charge in [0.15, 0.2) is 0 Å². The first-order valence-corrected chi connectivity index (χ1v) is 11.0. The number of fused-ring (bicyclic) bond motifs is 1. The van der Waals surface area contributed by atoms with Crippen LogP contribution < -0.4 is 15.0 Å². The minimum atomic E-state index is -0.704. The summed E-state index contributed by atoms with van der Waals surface area (Å²) >= 11 is 0. The van der Waals surface area contributed by atoms with E-state index in [9.17, 15) is 9.59 Å². The summed E-state index contributed by atoms with van der Waals surface area (Å²) in [4.78, 5) is 28.3. The number of rotatable bonds is 8. The molecule has 0 radical (unpaired) electrons. The predicted molar refractivity (Wildman–Crippen MR) is 115 cm³/mol. The third-order valence-corrected chi connectivity index (χ3v) is 6.59. The zero-order valence-corrected chi connectivity index (χ0v) is 18.3. The Kier molecular flexibility index (Phi) is 5.62. The fraction of sp³-hybridized carbons (Fsp3) is 0.583. The Balaban J connectivity index is 1.47. The fourth-order valence-corrected chi connectivity index (χ4v) is 5.02. The van der Waals surface area contributed by atoms with Crippen molar-refractivity contribution in [3.05, 3.63) is 36.4 Å². The van der Waals surface area contributed by atoms with Gasteiger partial charge in [0, 0.05) is 11.7 Å². The zero-order valence-electron chi connectivity index (χ0n) is 18.3. The van der Waals surface area contributed by atoms with E-state index in [1.807, 2.05) is 43.3 Å². The summed E-state index contributed by atoms with van der Waals surface area (Å²) in [5.41, 5.74) is 0.0936. The molecule has 30 heavy (non-hydrogen) atoms. The Morgan fingerprint density at radius 3 is 2.67 bits per heavy atom. The van der Waals surface area contributed by atoms with Crippen LogP contribution in [0.4, 0.5) is 5.69 Å². The number of carbonyl (C=O) groups excluding carboxylic acids is 2. The molecular weight excluding hydrogens is 380 g/mol. The summed E-state index contributed by atoms with van der Waals surface area (Å²) in [6.45, 7) is 6.89. The quantitative estimate of drug-likeness (QED) is 0.665. The Labute approximate surface area is 178 Å². The molecule has 4 rings (SSSR count). The summed E-state index contributed by atoms with van der Waals surface area (Å²) in [7, 11) is 1.61. The van der Waals surface area contributed by atoms with E-state index >= 15 is 0 Å². The lowest BCUT2D eigenvalue weighted by atomic mass is 9.76. The van der Waals surface area contributed by atoms with Crippen LogP contribution >= 0.6 is 0 Å². The van der Waals surface area contributed by atoms with Crippen molar-refractivity contribution in [1.82, 2.24) is 5.32 Å². The lowest BCUT2D eigenvalue weighted by Gasteiger charge is -2.25. The van der Waals surface area contributed by atoms with E-state index in [0.29, 0.717) is 12.5 Å². The molecule has 1 aromatic rings. The van der Waals surface area contributed by atoms with Crippen LogP contribution in [-0.4, -0.2) is 43.2 Å². The van der Waals surface area contributed by atoms with Gasteiger partial charge in [0.1, 0.15) is 11.4 Å². The highest BCUT2D eigenvalue weighted by molar-refractivity contribution is 6.03. The molecule has 3 aliphatic heterocycles. The van der Waals surface area contributed by atoms with Gasteiger partial charge in [-0.3, -0.25) is 9.59 Å². The number of nitrogens with zero attached hydrogens (tertiary/aromatic N) is 1. The highest BCUT2D eigenvalue weighted by Crippen LogP contribution is 2.52. The van der Waals surface area contributed by atoms with Crippen molar-refractivity contribution in [2.45, 2.75) is 57.8 Å². The topological polar surface area (TPSA) is 67.9 Å². The van der Waals surface area contributed by atoms with Crippen LogP contribution in [0.25, 0.3) is 0 Å². The SMILES string of the molecule is COc1ccc(N2C[C@]34C=C[C@H](O3)[C@H](C(=O)N[C@H](C)CCCC(C)C)[C@H]4C2=O)cc1. The van der Waals surface area contributed by atoms with Gasteiger partial charge in [-0.15, -0.1) is 0 Å². The van der Waals surface area contributed by atoms with E-state index in [2.05, 4.69) is 19.2 Å². The number of hydrogen-bond donors (Lipinski definition) is 1. The Morgan fingerprint density at radius 2 is 2.00 bits per heavy atom. The Bertz CT molecular complexity index is 834. The van der Waals surface area contributed by atoms with Crippen molar-refractivity contribution in [3.63, 3.8) is 0 Å². The first-order valence-electron chi connectivity index (χ1n) is 11.0. The van der Waals surface area contributed by atoms with E-state index in [4.69, 9.17) is 9.47 Å². The van der Waals surface area contributed by atoms with Gasteiger partial charge in [0.25, 0.3) is 0 Å². The molecule has 3 heterocycles. The van der Waals surface area contributed by atoms with E-state index in [1.165, 1.54) is 0 Å². The maximum Gasteiger partial charge on any atom is 0.234 e. The maximum atomic E-state index is 13.4. The molecule has 5 atom stereocenters. The molecule has 0 aromatic heterocycles. The second-order valence-corrected chi connectivity index (χ2v) is 9.26. The first-order chi connectivity index (χ1) is 14.3. The number of ether oxygens (including phenoxy) is 2. The normalized spacial score (nSPS) is 30.1. The lowest BCUT2D eigenvalue weighted by Crippen LogP contribution is -2.46. The molecule has 2 saturated heterocycles. The molecule has 0 aliphatic carbocycles. The number of amides is 2. The largest absolute Gasteiger partial charge is 0.497 e.